The molecule has 1 nitrogen and oxygen atoms in total. The van der Waals surface area contributed by atoms with Crippen LogP contribution in [0.25, 0.3) is 24.3 Å². The van der Waals surface area contributed by atoms with Crippen LogP contribution >= 0.6 is 0 Å². The lowest BCUT2D eigenvalue weighted by Gasteiger charge is -2.54. The first-order chi connectivity index (χ1) is 18.4. The van der Waals surface area contributed by atoms with E-state index in [1.165, 1.54) is 44.5 Å². The molecule has 0 amide bonds. The normalized spacial score (nSPS) is 24.4. The van der Waals surface area contributed by atoms with Gasteiger partial charge in [-0.2, -0.15) is 0 Å². The van der Waals surface area contributed by atoms with Crippen LogP contribution in [-0.4, -0.2) is 4.48 Å². The van der Waals surface area contributed by atoms with E-state index in [1.807, 2.05) is 0 Å². The quantitative estimate of drug-likeness (QED) is 0.277. The molecule has 184 valence electrons. The molecule has 0 radical (unpaired) electrons. The first kappa shape index (κ1) is 23.4. The maximum Gasteiger partial charge on any atom is 0.136 e. The molecule has 4 unspecified atom stereocenters. The second-order valence-electron chi connectivity index (χ2n) is 10.6. The molecule has 4 aliphatic rings. The van der Waals surface area contributed by atoms with Gasteiger partial charge < -0.3 is 17.0 Å². The molecular weight excluding hydrogens is 526 g/mol. The molecule has 0 heterocycles. The maximum atomic E-state index is 2.49. The van der Waals surface area contributed by atoms with Gasteiger partial charge in [-0.3, -0.25) is 4.48 Å². The molecule has 2 heteroatoms. The van der Waals surface area contributed by atoms with Gasteiger partial charge in [0.1, 0.15) is 24.2 Å². The number of rotatable bonds is 4. The molecule has 8 rings (SSSR count). The first-order valence-electron chi connectivity index (χ1n) is 13.3. The molecule has 0 bridgehead atoms. The van der Waals surface area contributed by atoms with E-state index in [0.29, 0.717) is 0 Å². The first-order valence-corrected chi connectivity index (χ1v) is 13.3. The van der Waals surface area contributed by atoms with E-state index in [-0.39, 0.29) is 41.1 Å². The maximum absolute atomic E-state index is 2.49. The minimum atomic E-state index is 0. The van der Waals surface area contributed by atoms with Gasteiger partial charge in [-0.05, 0) is 46.6 Å². The molecule has 0 spiro atoms. The van der Waals surface area contributed by atoms with E-state index in [0.717, 1.165) is 4.48 Å². The predicted octanol–water partition coefficient (Wildman–Crippen LogP) is 5.88. The molecule has 0 saturated heterocycles. The van der Waals surface area contributed by atoms with Crippen molar-refractivity contribution in [1.82, 2.24) is 0 Å². The van der Waals surface area contributed by atoms with Crippen LogP contribution in [-0.2, 0) is 0 Å². The number of quaternary nitrogens is 1. The fourth-order valence-electron chi connectivity index (χ4n) is 7.52. The van der Waals surface area contributed by atoms with Gasteiger partial charge in [0.05, 0.1) is 0 Å². The van der Waals surface area contributed by atoms with Crippen LogP contribution in [0.1, 0.15) is 68.7 Å². The minimum absolute atomic E-state index is 0. The Labute approximate surface area is 235 Å². The van der Waals surface area contributed by atoms with Gasteiger partial charge >= 0.3 is 0 Å². The lowest BCUT2D eigenvalue weighted by atomic mass is 9.86. The van der Waals surface area contributed by atoms with Crippen molar-refractivity contribution < 1.29 is 21.5 Å². The van der Waals surface area contributed by atoms with Crippen LogP contribution in [0, 0.1) is 0 Å². The van der Waals surface area contributed by atoms with Crippen molar-refractivity contribution in [1.29, 1.82) is 0 Å². The number of hydrogen-bond donors (Lipinski definition) is 0. The van der Waals surface area contributed by atoms with Crippen LogP contribution in [0.4, 0.5) is 0 Å². The van der Waals surface area contributed by atoms with Crippen LogP contribution in [0.2, 0.25) is 0 Å². The van der Waals surface area contributed by atoms with E-state index in [4.69, 9.17) is 0 Å². The van der Waals surface area contributed by atoms with E-state index in [1.54, 1.807) is 0 Å². The highest BCUT2D eigenvalue weighted by molar-refractivity contribution is 5.67. The van der Waals surface area contributed by atoms with Crippen molar-refractivity contribution in [2.24, 2.45) is 0 Å². The Morgan fingerprint density at radius 2 is 0.579 bits per heavy atom. The third-order valence-corrected chi connectivity index (χ3v) is 9.02. The van der Waals surface area contributed by atoms with Crippen molar-refractivity contribution >= 4 is 24.3 Å². The molecule has 0 aliphatic heterocycles. The average molecular weight is 555 g/mol. The zero-order valence-electron chi connectivity index (χ0n) is 21.0. The molecule has 0 saturated carbocycles. The summed E-state index contributed by atoms with van der Waals surface area (Å²) in [6.45, 7) is 0. The molecule has 0 fully saturated rings. The van der Waals surface area contributed by atoms with Gasteiger partial charge in [-0.25, -0.2) is 0 Å². The van der Waals surface area contributed by atoms with Gasteiger partial charge in [-0.15, -0.1) is 0 Å². The summed E-state index contributed by atoms with van der Waals surface area (Å²) in [7, 11) is 0. The van der Waals surface area contributed by atoms with Gasteiger partial charge in [0.25, 0.3) is 0 Å². The van der Waals surface area contributed by atoms with E-state index in [2.05, 4.69) is 146 Å². The topological polar surface area (TPSA) is 0 Å². The summed E-state index contributed by atoms with van der Waals surface area (Å²) in [4.78, 5) is 0. The second-order valence-corrected chi connectivity index (χ2v) is 10.6. The zero-order chi connectivity index (χ0) is 24.4. The molecular formula is C36H28BrN. The summed E-state index contributed by atoms with van der Waals surface area (Å²) in [5, 5.41) is 0. The Bertz CT molecular complexity index is 1420. The van der Waals surface area contributed by atoms with Crippen LogP contribution < -0.4 is 17.0 Å². The fraction of sp³-hybridized carbons (Fsp3) is 0.111. The van der Waals surface area contributed by atoms with Crippen molar-refractivity contribution in [3.05, 3.63) is 166 Å². The number of fused-ring (bicyclic) bond motifs is 4. The highest BCUT2D eigenvalue weighted by atomic mass is 79.9. The summed E-state index contributed by atoms with van der Waals surface area (Å²) in [6.07, 6.45) is 19.4. The van der Waals surface area contributed by atoms with Crippen molar-refractivity contribution in [2.75, 3.05) is 0 Å². The number of halogens is 1. The van der Waals surface area contributed by atoms with Crippen LogP contribution in [0.3, 0.4) is 0 Å². The Kier molecular flexibility index (Phi) is 5.51. The summed E-state index contributed by atoms with van der Waals surface area (Å²) in [6, 6.07) is 36.9. The molecule has 4 atom stereocenters. The lowest BCUT2D eigenvalue weighted by Crippen LogP contribution is -3.00. The number of benzene rings is 4. The van der Waals surface area contributed by atoms with Crippen molar-refractivity contribution in [3.8, 4) is 0 Å². The fourth-order valence-corrected chi connectivity index (χ4v) is 7.52. The Morgan fingerprint density at radius 1 is 0.342 bits per heavy atom. The third-order valence-electron chi connectivity index (χ3n) is 9.02. The Hall–Kier alpha value is -3.72. The summed E-state index contributed by atoms with van der Waals surface area (Å²) < 4.78 is 0.863. The molecule has 4 aliphatic carbocycles. The summed E-state index contributed by atoms with van der Waals surface area (Å²) in [5.41, 5.74) is 11.1. The second kappa shape index (κ2) is 8.94. The van der Waals surface area contributed by atoms with Gasteiger partial charge in [0.15, 0.2) is 0 Å². The SMILES string of the molecule is C1=CC([N+](C2C=Cc3ccccc32)(C2C=Cc3ccccc32)C2C=Cc3ccccc32)c2ccccc21.[Br-]. The van der Waals surface area contributed by atoms with Gasteiger partial charge in [0, 0.05) is 22.3 Å². The van der Waals surface area contributed by atoms with E-state index >= 15 is 0 Å². The monoisotopic (exact) mass is 553 g/mol. The van der Waals surface area contributed by atoms with Crippen molar-refractivity contribution in [2.45, 2.75) is 24.2 Å². The lowest BCUT2D eigenvalue weighted by molar-refractivity contribution is -1.01. The highest BCUT2D eigenvalue weighted by Crippen LogP contribution is 2.62. The predicted molar refractivity (Wildman–Crippen MR) is 153 cm³/mol. The molecule has 38 heavy (non-hydrogen) atoms. The summed E-state index contributed by atoms with van der Waals surface area (Å²) >= 11 is 0. The number of hydrogen-bond acceptors (Lipinski definition) is 0. The van der Waals surface area contributed by atoms with Crippen molar-refractivity contribution in [3.63, 3.8) is 0 Å². The average Bonchev–Trinajstić information content (AvgIpc) is 3.75. The zero-order valence-corrected chi connectivity index (χ0v) is 22.6. The minimum Gasteiger partial charge on any atom is -1.00 e. The molecule has 4 aromatic carbocycles. The largest absolute Gasteiger partial charge is 1.00 e. The van der Waals surface area contributed by atoms with Crippen LogP contribution in [0.15, 0.2) is 121 Å². The highest BCUT2D eigenvalue weighted by Gasteiger charge is 2.57. The van der Waals surface area contributed by atoms with Gasteiger partial charge in [0.2, 0.25) is 0 Å². The molecule has 0 aromatic heterocycles. The Balaban J connectivity index is 0.00000242. The van der Waals surface area contributed by atoms with Gasteiger partial charge in [-0.1, -0.05) is 121 Å². The number of nitrogens with zero attached hydrogens (tertiary/aromatic N) is 1. The third kappa shape index (κ3) is 3.14. The van der Waals surface area contributed by atoms with E-state index in [9.17, 15) is 0 Å². The van der Waals surface area contributed by atoms with E-state index < -0.39 is 0 Å². The smallest absolute Gasteiger partial charge is 0.136 e. The standard InChI is InChI=1S/C36H28N.BrH/c1-5-13-29-25(9-1)17-21-33(29)37(34-22-18-26-10-2-6-14-30(26)34,35-23-19-27-11-3-7-15-31(27)35)36-24-20-28-12-4-8-16-32(28)36;/h1-24,33-36H;1H/q+1;/p-1. The molecule has 0 N–H and O–H groups in total. The Morgan fingerprint density at radius 3 is 0.842 bits per heavy atom. The summed E-state index contributed by atoms with van der Waals surface area (Å²) in [5.74, 6) is 0. The van der Waals surface area contributed by atoms with Crippen LogP contribution in [0.5, 0.6) is 0 Å². The molecule has 4 aromatic rings.